The Morgan fingerprint density at radius 2 is 2.00 bits per heavy atom. The van der Waals surface area contributed by atoms with E-state index in [0.29, 0.717) is 11.8 Å². The molecular weight excluding hydrogens is 178 g/mol. The Morgan fingerprint density at radius 3 is 2.43 bits per heavy atom. The van der Waals surface area contributed by atoms with Crippen molar-refractivity contribution in [2.45, 2.75) is 57.9 Å². The van der Waals surface area contributed by atoms with Crippen molar-refractivity contribution in [2.75, 3.05) is 0 Å². The molecule has 1 aliphatic rings. The van der Waals surface area contributed by atoms with Crippen molar-refractivity contribution in [3.8, 4) is 0 Å². The molecule has 0 heterocycles. The molecule has 0 aromatic heterocycles. The van der Waals surface area contributed by atoms with Crippen molar-refractivity contribution in [3.05, 3.63) is 0 Å². The van der Waals surface area contributed by atoms with Crippen LogP contribution in [0.4, 0.5) is 0 Å². The lowest BCUT2D eigenvalue weighted by atomic mass is 9.80. The Bertz CT molecular complexity index is 217. The quantitative estimate of drug-likeness (QED) is 0.729. The van der Waals surface area contributed by atoms with Crippen molar-refractivity contribution >= 4 is 5.97 Å². The van der Waals surface area contributed by atoms with Gasteiger partial charge in [0, 0.05) is 0 Å². The Labute approximate surface area is 85.7 Å². The van der Waals surface area contributed by atoms with E-state index in [4.69, 9.17) is 10.8 Å². The zero-order valence-corrected chi connectivity index (χ0v) is 9.18. The molecule has 1 fully saturated rings. The largest absolute Gasteiger partial charge is 0.480 e. The van der Waals surface area contributed by atoms with Crippen LogP contribution in [-0.2, 0) is 4.79 Å². The maximum Gasteiger partial charge on any atom is 0.323 e. The summed E-state index contributed by atoms with van der Waals surface area (Å²) in [7, 11) is 0. The van der Waals surface area contributed by atoms with Gasteiger partial charge >= 0.3 is 5.97 Å². The number of carboxylic acids is 1. The number of hydrogen-bond donors (Lipinski definition) is 2. The van der Waals surface area contributed by atoms with Crippen LogP contribution in [0, 0.1) is 5.41 Å². The molecule has 3 nitrogen and oxygen atoms in total. The van der Waals surface area contributed by atoms with Gasteiger partial charge in [0.2, 0.25) is 0 Å². The SMILES string of the molecule is CC1(CCC(C)(N)C(=O)O)CCCC1. The van der Waals surface area contributed by atoms with Crippen LogP contribution in [0.5, 0.6) is 0 Å². The second kappa shape index (κ2) is 3.89. The fraction of sp³-hybridized carbons (Fsp3) is 0.909. The third kappa shape index (κ3) is 2.71. The highest BCUT2D eigenvalue weighted by molar-refractivity contribution is 5.77. The summed E-state index contributed by atoms with van der Waals surface area (Å²) in [5, 5.41) is 8.87. The van der Waals surface area contributed by atoms with Crippen molar-refractivity contribution in [2.24, 2.45) is 11.1 Å². The van der Waals surface area contributed by atoms with Crippen LogP contribution in [0.2, 0.25) is 0 Å². The normalized spacial score (nSPS) is 24.5. The minimum atomic E-state index is -1.05. The van der Waals surface area contributed by atoms with Gasteiger partial charge in [-0.3, -0.25) is 4.79 Å². The van der Waals surface area contributed by atoms with E-state index in [9.17, 15) is 4.79 Å². The summed E-state index contributed by atoms with van der Waals surface area (Å²) in [6.45, 7) is 3.85. The highest BCUT2D eigenvalue weighted by Crippen LogP contribution is 2.42. The number of nitrogens with two attached hydrogens (primary N) is 1. The molecule has 14 heavy (non-hydrogen) atoms. The third-order valence-electron chi connectivity index (χ3n) is 3.55. The molecular formula is C11H21NO2. The third-order valence-corrected chi connectivity index (χ3v) is 3.55. The summed E-state index contributed by atoms with van der Waals surface area (Å²) >= 11 is 0. The van der Waals surface area contributed by atoms with Gasteiger partial charge in [0.05, 0.1) is 0 Å². The van der Waals surface area contributed by atoms with E-state index in [-0.39, 0.29) is 0 Å². The highest BCUT2D eigenvalue weighted by Gasteiger charge is 2.34. The van der Waals surface area contributed by atoms with Gasteiger partial charge in [0.15, 0.2) is 0 Å². The van der Waals surface area contributed by atoms with E-state index in [1.54, 1.807) is 6.92 Å². The molecule has 3 N–H and O–H groups in total. The predicted molar refractivity (Wildman–Crippen MR) is 56.0 cm³/mol. The molecule has 82 valence electrons. The standard InChI is InChI=1S/C11H21NO2/c1-10(5-3-4-6-10)7-8-11(2,12)9(13)14/h3-8,12H2,1-2H3,(H,13,14). The zero-order valence-electron chi connectivity index (χ0n) is 9.18. The van der Waals surface area contributed by atoms with Crippen molar-refractivity contribution in [3.63, 3.8) is 0 Å². The fourth-order valence-corrected chi connectivity index (χ4v) is 2.15. The van der Waals surface area contributed by atoms with E-state index >= 15 is 0 Å². The first-order valence-corrected chi connectivity index (χ1v) is 5.38. The summed E-state index contributed by atoms with van der Waals surface area (Å²) in [5.41, 5.74) is 4.99. The van der Waals surface area contributed by atoms with Gasteiger partial charge in [-0.2, -0.15) is 0 Å². The van der Waals surface area contributed by atoms with Crippen molar-refractivity contribution < 1.29 is 9.90 Å². The second-order valence-corrected chi connectivity index (χ2v) is 5.24. The minimum Gasteiger partial charge on any atom is -0.480 e. The number of carbonyl (C=O) groups is 1. The molecule has 0 radical (unpaired) electrons. The smallest absolute Gasteiger partial charge is 0.323 e. The van der Waals surface area contributed by atoms with E-state index in [0.717, 1.165) is 6.42 Å². The van der Waals surface area contributed by atoms with Gasteiger partial charge < -0.3 is 10.8 Å². The molecule has 0 bridgehead atoms. The van der Waals surface area contributed by atoms with Crippen molar-refractivity contribution in [1.29, 1.82) is 0 Å². The molecule has 0 aliphatic heterocycles. The lowest BCUT2D eigenvalue weighted by molar-refractivity contribution is -0.143. The van der Waals surface area contributed by atoms with E-state index in [1.165, 1.54) is 25.7 Å². The lowest BCUT2D eigenvalue weighted by Crippen LogP contribution is -2.45. The van der Waals surface area contributed by atoms with Crippen LogP contribution in [0.1, 0.15) is 52.4 Å². The van der Waals surface area contributed by atoms with Gasteiger partial charge in [-0.05, 0) is 38.0 Å². The Balaban J connectivity index is 2.43. The summed E-state index contributed by atoms with van der Waals surface area (Å²) in [6.07, 6.45) is 6.53. The average Bonchev–Trinajstić information content (AvgIpc) is 2.50. The number of rotatable bonds is 4. The Hall–Kier alpha value is -0.570. The molecule has 0 spiro atoms. The lowest BCUT2D eigenvalue weighted by Gasteiger charge is -2.28. The molecule has 0 aromatic rings. The summed E-state index contributed by atoms with van der Waals surface area (Å²) < 4.78 is 0. The number of hydrogen-bond acceptors (Lipinski definition) is 2. The van der Waals surface area contributed by atoms with Gasteiger partial charge in [-0.15, -0.1) is 0 Å². The van der Waals surface area contributed by atoms with Crippen LogP contribution in [0.3, 0.4) is 0 Å². The first-order chi connectivity index (χ1) is 6.36. The molecule has 3 heteroatoms. The molecule has 1 saturated carbocycles. The number of aliphatic carboxylic acids is 1. The molecule has 1 rings (SSSR count). The second-order valence-electron chi connectivity index (χ2n) is 5.24. The van der Waals surface area contributed by atoms with Crippen LogP contribution in [0.15, 0.2) is 0 Å². The van der Waals surface area contributed by atoms with Gasteiger partial charge in [-0.1, -0.05) is 19.8 Å². The maximum atomic E-state index is 10.8. The molecule has 0 aromatic carbocycles. The monoisotopic (exact) mass is 199 g/mol. The topological polar surface area (TPSA) is 63.3 Å². The van der Waals surface area contributed by atoms with Crippen LogP contribution in [-0.4, -0.2) is 16.6 Å². The van der Waals surface area contributed by atoms with E-state index in [2.05, 4.69) is 6.92 Å². The van der Waals surface area contributed by atoms with Gasteiger partial charge in [-0.25, -0.2) is 0 Å². The Morgan fingerprint density at radius 1 is 1.50 bits per heavy atom. The van der Waals surface area contributed by atoms with Crippen LogP contribution >= 0.6 is 0 Å². The zero-order chi connectivity index (χ0) is 10.8. The van der Waals surface area contributed by atoms with Crippen LogP contribution < -0.4 is 5.73 Å². The number of carboxylic acid groups (broad SMARTS) is 1. The summed E-state index contributed by atoms with van der Waals surface area (Å²) in [6, 6.07) is 0. The van der Waals surface area contributed by atoms with Gasteiger partial charge in [0.25, 0.3) is 0 Å². The van der Waals surface area contributed by atoms with E-state index in [1.807, 2.05) is 0 Å². The molecule has 1 unspecified atom stereocenters. The van der Waals surface area contributed by atoms with Crippen LogP contribution in [0.25, 0.3) is 0 Å². The Kier molecular flexibility index (Phi) is 3.20. The van der Waals surface area contributed by atoms with Crippen molar-refractivity contribution in [1.82, 2.24) is 0 Å². The van der Waals surface area contributed by atoms with E-state index < -0.39 is 11.5 Å². The fourth-order valence-electron chi connectivity index (χ4n) is 2.15. The molecule has 1 atom stereocenters. The molecule has 0 amide bonds. The first kappa shape index (κ1) is 11.5. The summed E-state index contributed by atoms with van der Waals surface area (Å²) in [4.78, 5) is 10.8. The highest BCUT2D eigenvalue weighted by atomic mass is 16.4. The van der Waals surface area contributed by atoms with Gasteiger partial charge in [0.1, 0.15) is 5.54 Å². The minimum absolute atomic E-state index is 0.343. The molecule has 1 aliphatic carbocycles. The average molecular weight is 199 g/mol. The predicted octanol–water partition coefficient (Wildman–Crippen LogP) is 2.15. The first-order valence-electron chi connectivity index (χ1n) is 5.38. The maximum absolute atomic E-state index is 10.8. The molecule has 0 saturated heterocycles. The summed E-state index contributed by atoms with van der Waals surface area (Å²) in [5.74, 6) is -0.890.